The van der Waals surface area contributed by atoms with Crippen LogP contribution in [0.25, 0.3) is 0 Å². The molecule has 3 heteroatoms. The lowest BCUT2D eigenvalue weighted by Crippen LogP contribution is -2.28. The lowest BCUT2D eigenvalue weighted by Gasteiger charge is -2.25. The van der Waals surface area contributed by atoms with E-state index < -0.39 is 0 Å². The minimum Gasteiger partial charge on any atom is -0.349 e. The molecule has 1 aromatic rings. The van der Waals surface area contributed by atoms with Gasteiger partial charge in [0.2, 0.25) is 0 Å². The summed E-state index contributed by atoms with van der Waals surface area (Å²) in [5.41, 5.74) is 3.66. The van der Waals surface area contributed by atoms with Crippen LogP contribution in [-0.2, 0) is 6.54 Å². The first-order chi connectivity index (χ1) is 9.65. The fourth-order valence-electron chi connectivity index (χ4n) is 2.42. The summed E-state index contributed by atoms with van der Waals surface area (Å²) in [6, 6.07) is 2.86. The van der Waals surface area contributed by atoms with Crippen molar-refractivity contribution in [3.05, 3.63) is 48.2 Å². The zero-order chi connectivity index (χ0) is 14.5. The maximum atomic E-state index is 4.76. The van der Waals surface area contributed by atoms with E-state index in [1.165, 1.54) is 24.0 Å². The van der Waals surface area contributed by atoms with Crippen molar-refractivity contribution in [3.63, 3.8) is 0 Å². The number of hydrogen-bond acceptors (Lipinski definition) is 3. The highest BCUT2D eigenvalue weighted by Gasteiger charge is 2.22. The van der Waals surface area contributed by atoms with Gasteiger partial charge in [0.1, 0.15) is 5.82 Å². The van der Waals surface area contributed by atoms with Crippen LogP contribution in [0.1, 0.15) is 29.7 Å². The monoisotopic (exact) mass is 271 g/mol. The lowest BCUT2D eigenvalue weighted by molar-refractivity contribution is 0.679. The van der Waals surface area contributed by atoms with E-state index in [2.05, 4.69) is 43.3 Å². The smallest absolute Gasteiger partial charge is 0.134 e. The van der Waals surface area contributed by atoms with Gasteiger partial charge in [0.25, 0.3) is 0 Å². The van der Waals surface area contributed by atoms with Crippen LogP contribution in [0.2, 0.25) is 0 Å². The second-order valence-corrected chi connectivity index (χ2v) is 5.52. The van der Waals surface area contributed by atoms with Crippen molar-refractivity contribution in [1.29, 1.82) is 0 Å². The zero-order valence-electron chi connectivity index (χ0n) is 12.7. The number of nitrogens with zero attached hydrogens (tertiary/aromatic N) is 2. The summed E-state index contributed by atoms with van der Waals surface area (Å²) < 4.78 is 0. The Hall–Kier alpha value is -1.61. The third kappa shape index (κ3) is 3.70. The molecular formula is C17H25N3. The molecule has 108 valence electrons. The minimum atomic E-state index is 0.704. The maximum absolute atomic E-state index is 4.76. The van der Waals surface area contributed by atoms with E-state index in [0.29, 0.717) is 6.04 Å². The average Bonchev–Trinajstić information content (AvgIpc) is 3.21. The molecule has 3 nitrogen and oxygen atoms in total. The van der Waals surface area contributed by atoms with Gasteiger partial charge < -0.3 is 10.2 Å². The molecule has 0 aromatic carbocycles. The van der Waals surface area contributed by atoms with E-state index in [-0.39, 0.29) is 0 Å². The van der Waals surface area contributed by atoms with Gasteiger partial charge in [-0.05, 0) is 38.3 Å². The highest BCUT2D eigenvalue weighted by Crippen LogP contribution is 2.25. The molecule has 0 radical (unpaired) electrons. The Kier molecular flexibility index (Phi) is 4.96. The topological polar surface area (TPSA) is 28.2 Å². The van der Waals surface area contributed by atoms with Gasteiger partial charge in [-0.3, -0.25) is 0 Å². The van der Waals surface area contributed by atoms with Gasteiger partial charge in [0, 0.05) is 36.9 Å². The third-order valence-electron chi connectivity index (χ3n) is 3.60. The molecule has 1 heterocycles. The Morgan fingerprint density at radius 3 is 2.50 bits per heavy atom. The first-order valence-electron chi connectivity index (χ1n) is 7.33. The second-order valence-electron chi connectivity index (χ2n) is 5.52. The summed E-state index contributed by atoms with van der Waals surface area (Å²) in [5, 5.41) is 3.59. The summed E-state index contributed by atoms with van der Waals surface area (Å²) >= 11 is 0. The Labute approximate surface area is 122 Å². The van der Waals surface area contributed by atoms with Crippen molar-refractivity contribution in [2.24, 2.45) is 0 Å². The molecular weight excluding hydrogens is 246 g/mol. The highest BCUT2D eigenvalue weighted by atomic mass is 15.2. The molecule has 0 atom stereocenters. The summed E-state index contributed by atoms with van der Waals surface area (Å²) in [7, 11) is 0. The highest BCUT2D eigenvalue weighted by molar-refractivity contribution is 5.52. The van der Waals surface area contributed by atoms with E-state index >= 15 is 0 Å². The third-order valence-corrected chi connectivity index (χ3v) is 3.60. The number of anilines is 1. The molecule has 0 unspecified atom stereocenters. The summed E-state index contributed by atoms with van der Waals surface area (Å²) in [6.07, 6.45) is 6.44. The number of aromatic nitrogens is 1. The van der Waals surface area contributed by atoms with Crippen LogP contribution in [0.4, 0.5) is 5.82 Å². The minimum absolute atomic E-state index is 0.704. The van der Waals surface area contributed by atoms with Gasteiger partial charge in [-0.15, -0.1) is 13.2 Å². The van der Waals surface area contributed by atoms with Crippen LogP contribution < -0.4 is 10.2 Å². The van der Waals surface area contributed by atoms with Crippen molar-refractivity contribution < 1.29 is 0 Å². The number of rotatable bonds is 8. The first-order valence-corrected chi connectivity index (χ1v) is 7.33. The largest absolute Gasteiger partial charge is 0.349 e. The molecule has 1 aliphatic rings. The Bertz CT molecular complexity index is 479. The summed E-state index contributed by atoms with van der Waals surface area (Å²) in [6.45, 7) is 14.4. The molecule has 20 heavy (non-hydrogen) atoms. The Balaban J connectivity index is 2.29. The Morgan fingerprint density at radius 1 is 1.30 bits per heavy atom. The maximum Gasteiger partial charge on any atom is 0.134 e. The van der Waals surface area contributed by atoms with Crippen molar-refractivity contribution in [1.82, 2.24) is 10.3 Å². The van der Waals surface area contributed by atoms with Crippen LogP contribution in [-0.4, -0.2) is 24.1 Å². The number of aryl methyl sites for hydroxylation is 2. The molecule has 2 rings (SSSR count). The standard InChI is InChI=1S/C17H25N3/c1-5-9-20(10-6-2)17-16(12-18-15-7-8-15)13(3)11-14(4)19-17/h5-6,11,15,18H,1-2,7-10,12H2,3-4H3. The predicted octanol–water partition coefficient (Wildman–Crippen LogP) is 3.13. The lowest BCUT2D eigenvalue weighted by atomic mass is 10.1. The van der Waals surface area contributed by atoms with Gasteiger partial charge in [-0.1, -0.05) is 12.2 Å². The quantitative estimate of drug-likeness (QED) is 0.736. The molecule has 1 saturated carbocycles. The van der Waals surface area contributed by atoms with Crippen LogP contribution in [0, 0.1) is 13.8 Å². The van der Waals surface area contributed by atoms with Gasteiger partial charge in [-0.2, -0.15) is 0 Å². The van der Waals surface area contributed by atoms with E-state index in [9.17, 15) is 0 Å². The van der Waals surface area contributed by atoms with Crippen molar-refractivity contribution in [3.8, 4) is 0 Å². The zero-order valence-corrected chi connectivity index (χ0v) is 12.7. The second kappa shape index (κ2) is 6.71. The van der Waals surface area contributed by atoms with E-state index in [4.69, 9.17) is 4.98 Å². The molecule has 0 amide bonds. The number of pyridine rings is 1. The summed E-state index contributed by atoms with van der Waals surface area (Å²) in [5.74, 6) is 1.07. The molecule has 1 aromatic heterocycles. The fraction of sp³-hybridized carbons (Fsp3) is 0.471. The average molecular weight is 271 g/mol. The van der Waals surface area contributed by atoms with Crippen LogP contribution in [0.5, 0.6) is 0 Å². The van der Waals surface area contributed by atoms with E-state index in [0.717, 1.165) is 31.1 Å². The first kappa shape index (κ1) is 14.8. The van der Waals surface area contributed by atoms with Gasteiger partial charge >= 0.3 is 0 Å². The molecule has 0 bridgehead atoms. The normalized spacial score (nSPS) is 14.1. The van der Waals surface area contributed by atoms with Crippen molar-refractivity contribution >= 4 is 5.82 Å². The van der Waals surface area contributed by atoms with Crippen LogP contribution in [0.15, 0.2) is 31.4 Å². The number of nitrogens with one attached hydrogen (secondary N) is 1. The fourth-order valence-corrected chi connectivity index (χ4v) is 2.42. The SMILES string of the molecule is C=CCN(CC=C)c1nc(C)cc(C)c1CNC1CC1. The van der Waals surface area contributed by atoms with Gasteiger partial charge in [-0.25, -0.2) is 4.98 Å². The van der Waals surface area contributed by atoms with Crippen molar-refractivity contribution in [2.75, 3.05) is 18.0 Å². The molecule has 0 spiro atoms. The molecule has 1 N–H and O–H groups in total. The molecule has 1 fully saturated rings. The van der Waals surface area contributed by atoms with Gasteiger partial charge in [0.15, 0.2) is 0 Å². The van der Waals surface area contributed by atoms with Crippen LogP contribution >= 0.6 is 0 Å². The summed E-state index contributed by atoms with van der Waals surface area (Å²) in [4.78, 5) is 6.99. The van der Waals surface area contributed by atoms with Crippen molar-refractivity contribution in [2.45, 2.75) is 39.3 Å². The van der Waals surface area contributed by atoms with E-state index in [1.807, 2.05) is 12.2 Å². The predicted molar refractivity (Wildman–Crippen MR) is 86.2 cm³/mol. The number of hydrogen-bond donors (Lipinski definition) is 1. The van der Waals surface area contributed by atoms with Crippen LogP contribution in [0.3, 0.4) is 0 Å². The molecule has 0 aliphatic heterocycles. The van der Waals surface area contributed by atoms with E-state index in [1.54, 1.807) is 0 Å². The van der Waals surface area contributed by atoms with Gasteiger partial charge in [0.05, 0.1) is 0 Å². The molecule has 0 saturated heterocycles. The molecule has 1 aliphatic carbocycles. The Morgan fingerprint density at radius 2 is 1.95 bits per heavy atom.